The third-order valence-corrected chi connectivity index (χ3v) is 13.7. The van der Waals surface area contributed by atoms with Gasteiger partial charge in [-0.3, -0.25) is 43.8 Å². The van der Waals surface area contributed by atoms with Crippen LogP contribution in [0.4, 0.5) is 19.2 Å². The predicted molar refractivity (Wildman–Crippen MR) is 268 cm³/mol. The van der Waals surface area contributed by atoms with Crippen LogP contribution in [0.2, 0.25) is 0 Å². The van der Waals surface area contributed by atoms with Gasteiger partial charge in [0.05, 0.1) is 0 Å². The number of carbonyl (C=O) groups is 11. The highest BCUT2D eigenvalue weighted by Crippen LogP contribution is 2.22. The molecule has 23 nitrogen and oxygen atoms in total. The van der Waals surface area contributed by atoms with Gasteiger partial charge in [0.25, 0.3) is 5.91 Å². The Morgan fingerprint density at radius 3 is 1.58 bits per heavy atom. The van der Waals surface area contributed by atoms with Gasteiger partial charge in [0.15, 0.2) is 0 Å². The molecule has 8 atom stereocenters. The van der Waals surface area contributed by atoms with Gasteiger partial charge in [-0.25, -0.2) is 29.0 Å². The molecule has 5 N–H and O–H groups in total. The van der Waals surface area contributed by atoms with Gasteiger partial charge in [-0.1, -0.05) is 61.8 Å². The molecule has 1 aliphatic rings. The van der Waals surface area contributed by atoms with Crippen molar-refractivity contribution in [3.63, 3.8) is 0 Å². The van der Waals surface area contributed by atoms with E-state index in [4.69, 9.17) is 0 Å². The summed E-state index contributed by atoms with van der Waals surface area (Å²) in [5.41, 5.74) is 0. The Bertz CT molecular complexity index is 1920. The molecule has 24 heteroatoms. The molecule has 0 radical (unpaired) electrons. The highest BCUT2D eigenvalue weighted by Gasteiger charge is 2.42. The van der Waals surface area contributed by atoms with E-state index in [0.29, 0.717) is 39.7 Å². The Morgan fingerprint density at radius 1 is 0.535 bits per heavy atom. The van der Waals surface area contributed by atoms with Crippen molar-refractivity contribution in [3.8, 4) is 0 Å². The van der Waals surface area contributed by atoms with E-state index in [1.54, 1.807) is 34.6 Å². The van der Waals surface area contributed by atoms with Crippen molar-refractivity contribution >= 4 is 77.2 Å². The molecule has 2 unspecified atom stereocenters. The second-order valence-corrected chi connectivity index (χ2v) is 20.8. The maximum absolute atomic E-state index is 14.6. The van der Waals surface area contributed by atoms with E-state index in [1.165, 1.54) is 63.6 Å². The van der Waals surface area contributed by atoms with E-state index < -0.39 is 120 Å². The number of aliphatic hydroxyl groups excluding tert-OH is 1. The molecule has 0 aliphatic carbocycles. The van der Waals surface area contributed by atoms with Crippen molar-refractivity contribution in [2.45, 2.75) is 144 Å². The third kappa shape index (κ3) is 17.6. The number of unbranched alkanes of at least 4 members (excludes halogenated alkanes) is 1. The topological polar surface area (TPSA) is 279 Å². The SMILES string of the molecule is CCC(C)C1C(=O)N[C@H](C(C)C)C(=O)N(C)[C@H](CC(C)C)C(=O)N[C@H](C)C(=O)N[C@@H](C)C(=O)N(C)[C@H](CC(C)C)C(=O)N(C)C(=O)N(C)C(=O)N(C)C(=O)NC(=O)N(C)[C@H](CSCCCCO)C(=O)N1C. The highest BCUT2D eigenvalue weighted by atomic mass is 32.2. The molecular formula is C47H83N11O12S. The fourth-order valence-corrected chi connectivity index (χ4v) is 8.90. The third-order valence-electron chi connectivity index (χ3n) is 12.6. The molecule has 71 heavy (non-hydrogen) atoms. The minimum atomic E-state index is -1.31. The number of hydrogen-bond acceptors (Lipinski definition) is 13. The Kier molecular flexibility index (Phi) is 26.0. The average Bonchev–Trinajstić information content (AvgIpc) is 3.31. The molecule has 0 aromatic heterocycles. The van der Waals surface area contributed by atoms with Crippen molar-refractivity contribution in [2.24, 2.45) is 23.7 Å². The van der Waals surface area contributed by atoms with Crippen LogP contribution >= 0.6 is 11.8 Å². The fraction of sp³-hybridized carbons (Fsp3) is 0.766. The number of nitrogens with zero attached hydrogens (tertiary/aromatic N) is 7. The van der Waals surface area contributed by atoms with E-state index in [1.807, 2.05) is 20.8 Å². The fourth-order valence-electron chi connectivity index (χ4n) is 7.73. The number of nitrogens with one attached hydrogen (secondary N) is 4. The molecular weight excluding hydrogens is 943 g/mol. The van der Waals surface area contributed by atoms with Gasteiger partial charge in [-0.15, -0.1) is 0 Å². The van der Waals surface area contributed by atoms with Crippen molar-refractivity contribution in [1.29, 1.82) is 0 Å². The monoisotopic (exact) mass is 1030 g/mol. The predicted octanol–water partition coefficient (Wildman–Crippen LogP) is 1.97. The lowest BCUT2D eigenvalue weighted by molar-refractivity contribution is -0.147. The van der Waals surface area contributed by atoms with Crippen molar-refractivity contribution in [3.05, 3.63) is 0 Å². The van der Waals surface area contributed by atoms with E-state index in [-0.39, 0.29) is 37.0 Å². The summed E-state index contributed by atoms with van der Waals surface area (Å²) in [6.07, 6.45) is 1.65. The molecule has 0 bridgehead atoms. The molecule has 0 aromatic rings. The second kappa shape index (κ2) is 29.1. The first-order valence-electron chi connectivity index (χ1n) is 24.2. The number of likely N-dealkylation sites (N-methyl/N-ethyl adjacent to an activating group) is 5. The van der Waals surface area contributed by atoms with E-state index >= 15 is 0 Å². The van der Waals surface area contributed by atoms with Crippen LogP contribution in [-0.4, -0.2) is 215 Å². The van der Waals surface area contributed by atoms with Gasteiger partial charge in [0, 0.05) is 61.7 Å². The van der Waals surface area contributed by atoms with Gasteiger partial charge in [0.1, 0.15) is 42.3 Å². The number of amides is 15. The zero-order chi connectivity index (χ0) is 54.9. The standard InChI is InChI=1S/C47H83N11O12S/c1-18-29(8)36-39(62)50-35(28(6)7)43(66)52(11)32(23-26(2)3)38(61)48-30(9)37(60)49-31(10)40(63)53(12)33(24-27(4)5)41(64)56(15)46(69)58(17)47(70)57(16)45(68)51-44(67)54(13)34(42(65)55(36)14)25-71-22-20-19-21-59/h26-36,59H,18-25H2,1-17H3,(H,48,61)(H,49,60)(H,50,62)(H,51,67,68)/t29?,30-,31+,32-,33-,34-,35-,36?/m1/s1. The number of urea groups is 4. The zero-order valence-corrected chi connectivity index (χ0v) is 45.8. The molecule has 404 valence electrons. The van der Waals surface area contributed by atoms with Gasteiger partial charge in [-0.2, -0.15) is 11.8 Å². The van der Waals surface area contributed by atoms with Crippen molar-refractivity contribution in [1.82, 2.24) is 55.6 Å². The largest absolute Gasteiger partial charge is 0.396 e. The van der Waals surface area contributed by atoms with Crippen LogP contribution in [0.3, 0.4) is 0 Å². The van der Waals surface area contributed by atoms with Gasteiger partial charge in [0.2, 0.25) is 35.4 Å². The van der Waals surface area contributed by atoms with Crippen LogP contribution in [0.5, 0.6) is 0 Å². The van der Waals surface area contributed by atoms with E-state index in [2.05, 4.69) is 21.3 Å². The van der Waals surface area contributed by atoms with Crippen LogP contribution in [0.1, 0.15) is 101 Å². The maximum atomic E-state index is 14.6. The Morgan fingerprint density at radius 2 is 1.06 bits per heavy atom. The minimum Gasteiger partial charge on any atom is -0.396 e. The smallest absolute Gasteiger partial charge is 0.335 e. The molecule has 1 heterocycles. The van der Waals surface area contributed by atoms with Crippen LogP contribution in [0, 0.1) is 23.7 Å². The summed E-state index contributed by atoms with van der Waals surface area (Å²) in [5.74, 6) is -6.02. The Balaban J connectivity index is 4.04. The van der Waals surface area contributed by atoms with Crippen LogP contribution in [-0.2, 0) is 33.6 Å². The maximum Gasteiger partial charge on any atom is 0.335 e. The number of imide groups is 4. The van der Waals surface area contributed by atoms with E-state index in [0.717, 1.165) is 30.9 Å². The Labute approximate surface area is 424 Å². The number of thioether (sulfide) groups is 1. The molecule has 0 aromatic carbocycles. The summed E-state index contributed by atoms with van der Waals surface area (Å²) in [7, 11) is 8.44. The highest BCUT2D eigenvalue weighted by molar-refractivity contribution is 7.99. The van der Waals surface area contributed by atoms with Crippen LogP contribution in [0.15, 0.2) is 0 Å². The molecule has 1 aliphatic heterocycles. The lowest BCUT2D eigenvalue weighted by Gasteiger charge is -2.38. The number of hydrogen-bond donors (Lipinski definition) is 5. The second-order valence-electron chi connectivity index (χ2n) is 19.6. The van der Waals surface area contributed by atoms with Crippen molar-refractivity contribution < 1.29 is 57.8 Å². The number of carbonyl (C=O) groups excluding carboxylic acids is 11. The molecule has 1 saturated heterocycles. The van der Waals surface area contributed by atoms with Crippen LogP contribution < -0.4 is 21.3 Å². The van der Waals surface area contributed by atoms with Crippen molar-refractivity contribution in [2.75, 3.05) is 67.4 Å². The first kappa shape index (κ1) is 63.5. The Hall–Kier alpha value is -5.52. The molecule has 1 fully saturated rings. The first-order chi connectivity index (χ1) is 32.9. The summed E-state index contributed by atoms with van der Waals surface area (Å²) in [6, 6.07) is -13.5. The normalized spacial score (nSPS) is 25.2. The quantitative estimate of drug-likeness (QED) is 0.165. The first-order valence-corrected chi connectivity index (χ1v) is 25.3. The summed E-state index contributed by atoms with van der Waals surface area (Å²) in [5, 5.41) is 19.4. The molecule has 0 saturated carbocycles. The molecule has 1 rings (SSSR count). The molecule has 15 amide bonds. The summed E-state index contributed by atoms with van der Waals surface area (Å²) in [4.78, 5) is 160. The lowest BCUT2D eigenvalue weighted by Crippen LogP contribution is -2.62. The summed E-state index contributed by atoms with van der Waals surface area (Å²) >= 11 is 1.28. The minimum absolute atomic E-state index is 0.0249. The number of aliphatic hydroxyl groups is 1. The summed E-state index contributed by atoms with van der Waals surface area (Å²) < 4.78 is 0. The average molecular weight is 1030 g/mol. The summed E-state index contributed by atoms with van der Waals surface area (Å²) in [6.45, 7) is 16.9. The van der Waals surface area contributed by atoms with Crippen LogP contribution in [0.25, 0.3) is 0 Å². The van der Waals surface area contributed by atoms with Gasteiger partial charge >= 0.3 is 24.1 Å². The van der Waals surface area contributed by atoms with Gasteiger partial charge in [-0.05, 0) is 69.0 Å². The number of rotatable bonds is 13. The zero-order valence-electron chi connectivity index (χ0n) is 45.0. The van der Waals surface area contributed by atoms with Gasteiger partial charge < -0.3 is 40.7 Å². The lowest BCUT2D eigenvalue weighted by atomic mass is 9.94. The van der Waals surface area contributed by atoms with E-state index in [9.17, 15) is 57.8 Å². The molecule has 0 spiro atoms.